The highest BCUT2D eigenvalue weighted by molar-refractivity contribution is 5.29. The second kappa shape index (κ2) is 6.53. The Bertz CT molecular complexity index is 559. The summed E-state index contributed by atoms with van der Waals surface area (Å²) in [4.78, 5) is 0. The fraction of sp³-hybridized carbons (Fsp3) is 0.263. The topological polar surface area (TPSA) is 12.0 Å². The van der Waals surface area contributed by atoms with Gasteiger partial charge in [0.1, 0.15) is 0 Å². The summed E-state index contributed by atoms with van der Waals surface area (Å²) < 4.78 is 0. The number of aryl methyl sites for hydroxylation is 1. The highest BCUT2D eigenvalue weighted by Gasteiger charge is 2.24. The van der Waals surface area contributed by atoms with Crippen LogP contribution in [0.25, 0.3) is 0 Å². The van der Waals surface area contributed by atoms with Gasteiger partial charge in [-0.3, -0.25) is 0 Å². The van der Waals surface area contributed by atoms with Crippen LogP contribution in [0.2, 0.25) is 0 Å². The third kappa shape index (κ3) is 3.58. The molecule has 1 N–H and O–H groups in total. The summed E-state index contributed by atoms with van der Waals surface area (Å²) in [5.41, 5.74) is 3.83. The number of hydrogen-bond acceptors (Lipinski definition) is 1. The molecular weight excluding hydrogens is 242 g/mol. The molecule has 0 radical (unpaired) electrons. The van der Waals surface area contributed by atoms with E-state index in [4.69, 9.17) is 0 Å². The Morgan fingerprint density at radius 3 is 2.50 bits per heavy atom. The molecule has 2 aromatic rings. The Morgan fingerprint density at radius 1 is 1.10 bits per heavy atom. The SMILES string of the molecule is C=CCC(C)(NCc1ccccc1)c1cccc(C)c1. The Morgan fingerprint density at radius 2 is 1.85 bits per heavy atom. The van der Waals surface area contributed by atoms with Crippen LogP contribution in [0.4, 0.5) is 0 Å². The third-order valence-electron chi connectivity index (χ3n) is 3.73. The van der Waals surface area contributed by atoms with Crippen molar-refractivity contribution in [3.63, 3.8) is 0 Å². The second-order valence-corrected chi connectivity index (χ2v) is 5.53. The summed E-state index contributed by atoms with van der Waals surface area (Å²) in [7, 11) is 0. The molecule has 0 heterocycles. The quantitative estimate of drug-likeness (QED) is 0.754. The van der Waals surface area contributed by atoms with Crippen LogP contribution < -0.4 is 5.32 Å². The first-order valence-electron chi connectivity index (χ1n) is 7.11. The van der Waals surface area contributed by atoms with Crippen molar-refractivity contribution in [2.75, 3.05) is 0 Å². The van der Waals surface area contributed by atoms with Gasteiger partial charge >= 0.3 is 0 Å². The van der Waals surface area contributed by atoms with Gasteiger partial charge in [0.05, 0.1) is 0 Å². The smallest absolute Gasteiger partial charge is 0.0443 e. The monoisotopic (exact) mass is 265 g/mol. The predicted octanol–water partition coefficient (Wildman–Crippen LogP) is 4.58. The molecule has 1 nitrogen and oxygen atoms in total. The van der Waals surface area contributed by atoms with E-state index < -0.39 is 0 Å². The molecule has 0 bridgehead atoms. The molecule has 0 fully saturated rings. The molecule has 0 saturated heterocycles. The van der Waals surface area contributed by atoms with Crippen LogP contribution in [0.1, 0.15) is 30.0 Å². The van der Waals surface area contributed by atoms with E-state index in [1.807, 2.05) is 12.1 Å². The van der Waals surface area contributed by atoms with E-state index >= 15 is 0 Å². The van der Waals surface area contributed by atoms with Crippen LogP contribution in [0.3, 0.4) is 0 Å². The fourth-order valence-electron chi connectivity index (χ4n) is 2.46. The molecule has 20 heavy (non-hydrogen) atoms. The van der Waals surface area contributed by atoms with Crippen molar-refractivity contribution in [1.82, 2.24) is 5.32 Å². The highest BCUT2D eigenvalue weighted by Crippen LogP contribution is 2.26. The predicted molar refractivity (Wildman–Crippen MR) is 86.6 cm³/mol. The zero-order valence-corrected chi connectivity index (χ0v) is 12.4. The van der Waals surface area contributed by atoms with Crippen molar-refractivity contribution in [3.8, 4) is 0 Å². The van der Waals surface area contributed by atoms with Gasteiger partial charge in [-0.2, -0.15) is 0 Å². The summed E-state index contributed by atoms with van der Waals surface area (Å²) in [5, 5.41) is 3.69. The summed E-state index contributed by atoms with van der Waals surface area (Å²) >= 11 is 0. The maximum atomic E-state index is 3.91. The average Bonchev–Trinajstić information content (AvgIpc) is 2.47. The molecule has 1 heteroatoms. The van der Waals surface area contributed by atoms with E-state index in [2.05, 4.69) is 74.3 Å². The lowest BCUT2D eigenvalue weighted by Crippen LogP contribution is -2.38. The second-order valence-electron chi connectivity index (χ2n) is 5.53. The number of rotatable bonds is 6. The van der Waals surface area contributed by atoms with Crippen LogP contribution in [0, 0.1) is 6.92 Å². The standard InChI is InChI=1S/C19H23N/c1-4-13-19(3,18-12-8-9-16(2)14-18)20-15-17-10-6-5-7-11-17/h4-12,14,20H,1,13,15H2,2-3H3. The lowest BCUT2D eigenvalue weighted by Gasteiger charge is -2.31. The van der Waals surface area contributed by atoms with Gasteiger partial charge in [-0.05, 0) is 31.4 Å². The van der Waals surface area contributed by atoms with Gasteiger partial charge in [0, 0.05) is 12.1 Å². The molecule has 2 rings (SSSR count). The molecule has 0 aromatic heterocycles. The molecule has 0 aliphatic heterocycles. The number of hydrogen-bond donors (Lipinski definition) is 1. The molecule has 0 amide bonds. The Kier molecular flexibility index (Phi) is 4.75. The van der Waals surface area contributed by atoms with Crippen molar-refractivity contribution in [2.45, 2.75) is 32.4 Å². The molecular formula is C19H23N. The molecule has 0 aliphatic rings. The van der Waals surface area contributed by atoms with Gasteiger partial charge in [0.15, 0.2) is 0 Å². The Labute approximate surface area is 122 Å². The van der Waals surface area contributed by atoms with Crippen LogP contribution in [-0.2, 0) is 12.1 Å². The average molecular weight is 265 g/mol. The molecule has 104 valence electrons. The summed E-state index contributed by atoms with van der Waals surface area (Å²) in [6.45, 7) is 9.15. The van der Waals surface area contributed by atoms with Crippen LogP contribution >= 0.6 is 0 Å². The Hall–Kier alpha value is -1.86. The molecule has 1 unspecified atom stereocenters. The number of nitrogens with one attached hydrogen (secondary N) is 1. The summed E-state index contributed by atoms with van der Waals surface area (Å²) in [5.74, 6) is 0. The summed E-state index contributed by atoms with van der Waals surface area (Å²) in [6.07, 6.45) is 2.89. The summed E-state index contributed by atoms with van der Waals surface area (Å²) in [6, 6.07) is 19.2. The van der Waals surface area contributed by atoms with E-state index in [1.165, 1.54) is 16.7 Å². The van der Waals surface area contributed by atoms with Gasteiger partial charge in [-0.25, -0.2) is 0 Å². The van der Waals surface area contributed by atoms with Gasteiger partial charge in [-0.1, -0.05) is 66.2 Å². The molecule has 2 aromatic carbocycles. The van der Waals surface area contributed by atoms with E-state index in [0.29, 0.717) is 0 Å². The Balaban J connectivity index is 2.19. The van der Waals surface area contributed by atoms with Crippen molar-refractivity contribution in [1.29, 1.82) is 0 Å². The fourth-order valence-corrected chi connectivity index (χ4v) is 2.46. The minimum atomic E-state index is -0.0798. The minimum absolute atomic E-state index is 0.0798. The number of benzene rings is 2. The van der Waals surface area contributed by atoms with Crippen molar-refractivity contribution in [3.05, 3.63) is 83.9 Å². The minimum Gasteiger partial charge on any atom is -0.303 e. The first-order chi connectivity index (χ1) is 9.64. The molecule has 1 atom stereocenters. The lowest BCUT2D eigenvalue weighted by atomic mass is 9.87. The van der Waals surface area contributed by atoms with Gasteiger partial charge < -0.3 is 5.32 Å². The largest absolute Gasteiger partial charge is 0.303 e. The molecule has 0 saturated carbocycles. The zero-order chi connectivity index (χ0) is 14.4. The van der Waals surface area contributed by atoms with Crippen LogP contribution in [-0.4, -0.2) is 0 Å². The first kappa shape index (κ1) is 14.5. The van der Waals surface area contributed by atoms with Crippen molar-refractivity contribution in [2.24, 2.45) is 0 Å². The van der Waals surface area contributed by atoms with E-state index in [-0.39, 0.29) is 5.54 Å². The van der Waals surface area contributed by atoms with E-state index in [0.717, 1.165) is 13.0 Å². The molecule has 0 aliphatic carbocycles. The van der Waals surface area contributed by atoms with Gasteiger partial charge in [-0.15, -0.1) is 6.58 Å². The maximum absolute atomic E-state index is 3.91. The van der Waals surface area contributed by atoms with Gasteiger partial charge in [0.25, 0.3) is 0 Å². The van der Waals surface area contributed by atoms with E-state index in [9.17, 15) is 0 Å². The van der Waals surface area contributed by atoms with Crippen LogP contribution in [0.15, 0.2) is 67.3 Å². The van der Waals surface area contributed by atoms with Crippen molar-refractivity contribution < 1.29 is 0 Å². The van der Waals surface area contributed by atoms with Gasteiger partial charge in [0.2, 0.25) is 0 Å². The highest BCUT2D eigenvalue weighted by atomic mass is 15.0. The van der Waals surface area contributed by atoms with E-state index in [1.54, 1.807) is 0 Å². The third-order valence-corrected chi connectivity index (χ3v) is 3.73. The zero-order valence-electron chi connectivity index (χ0n) is 12.4. The van der Waals surface area contributed by atoms with Crippen LogP contribution in [0.5, 0.6) is 0 Å². The molecule has 0 spiro atoms. The lowest BCUT2D eigenvalue weighted by molar-refractivity contribution is 0.367. The maximum Gasteiger partial charge on any atom is 0.0443 e. The first-order valence-corrected chi connectivity index (χ1v) is 7.11. The normalized spacial score (nSPS) is 13.7. The van der Waals surface area contributed by atoms with Crippen molar-refractivity contribution >= 4 is 0 Å².